The Morgan fingerprint density at radius 1 is 1.60 bits per heavy atom. The van der Waals surface area contributed by atoms with Crippen LogP contribution in [0.25, 0.3) is 0 Å². The van der Waals surface area contributed by atoms with E-state index >= 15 is 0 Å². The Balaban J connectivity index is 2.16. The predicted molar refractivity (Wildman–Crippen MR) is 62.2 cm³/mol. The minimum absolute atomic E-state index is 0.212. The van der Waals surface area contributed by atoms with E-state index in [1.54, 1.807) is 11.8 Å². The molecule has 4 nitrogen and oxygen atoms in total. The Hall–Kier alpha value is 0.190. The fraction of sp³-hybridized carbons (Fsp3) is 1.00. The number of ether oxygens (including phenoxy) is 2. The zero-order chi connectivity index (χ0) is 11.1. The molecule has 0 radical (unpaired) electrons. The first-order valence-corrected chi connectivity index (χ1v) is 6.63. The van der Waals surface area contributed by atoms with Crippen molar-refractivity contribution < 1.29 is 14.6 Å². The highest BCUT2D eigenvalue weighted by atomic mass is 32.2. The van der Waals surface area contributed by atoms with Crippen LogP contribution in [0, 0.1) is 0 Å². The molecule has 3 unspecified atom stereocenters. The first-order chi connectivity index (χ1) is 7.27. The third kappa shape index (κ3) is 4.70. The lowest BCUT2D eigenvalue weighted by Gasteiger charge is -2.27. The highest BCUT2D eigenvalue weighted by Gasteiger charge is 2.18. The van der Waals surface area contributed by atoms with E-state index in [4.69, 9.17) is 14.6 Å². The molecule has 3 atom stereocenters. The topological polar surface area (TPSA) is 50.7 Å². The Morgan fingerprint density at radius 2 is 2.40 bits per heavy atom. The summed E-state index contributed by atoms with van der Waals surface area (Å²) >= 11 is 1.69. The molecule has 0 aromatic rings. The number of nitrogens with one attached hydrogen (secondary N) is 1. The van der Waals surface area contributed by atoms with Gasteiger partial charge in [0.15, 0.2) is 0 Å². The van der Waals surface area contributed by atoms with Gasteiger partial charge in [0.25, 0.3) is 0 Å². The van der Waals surface area contributed by atoms with Crippen molar-refractivity contribution in [2.24, 2.45) is 0 Å². The Kier molecular flexibility index (Phi) is 6.59. The third-order valence-corrected chi connectivity index (χ3v) is 3.84. The molecule has 0 bridgehead atoms. The fourth-order valence-electron chi connectivity index (χ4n) is 1.55. The molecule has 0 spiro atoms. The van der Waals surface area contributed by atoms with Crippen LogP contribution in [0.4, 0.5) is 0 Å². The second kappa shape index (κ2) is 7.46. The van der Waals surface area contributed by atoms with Gasteiger partial charge in [-0.05, 0) is 19.6 Å². The number of rotatable bonds is 6. The lowest BCUT2D eigenvalue weighted by molar-refractivity contribution is -0.137. The number of aliphatic hydroxyl groups excluding tert-OH is 1. The van der Waals surface area contributed by atoms with Crippen LogP contribution < -0.4 is 5.32 Å². The van der Waals surface area contributed by atoms with E-state index in [2.05, 4.69) is 12.2 Å². The summed E-state index contributed by atoms with van der Waals surface area (Å²) in [6.45, 7) is 4.33. The molecule has 15 heavy (non-hydrogen) atoms. The SMILES string of the molecule is CSC(CO)C(C)NCC1CCOCO1. The molecule has 0 aromatic carbocycles. The summed E-state index contributed by atoms with van der Waals surface area (Å²) in [5.41, 5.74) is 0. The third-order valence-electron chi connectivity index (χ3n) is 2.68. The van der Waals surface area contributed by atoms with Gasteiger partial charge in [0.1, 0.15) is 6.79 Å². The molecule has 0 aromatic heterocycles. The Bertz CT molecular complexity index is 161. The quantitative estimate of drug-likeness (QED) is 0.700. The average Bonchev–Trinajstić information content (AvgIpc) is 2.29. The monoisotopic (exact) mass is 235 g/mol. The van der Waals surface area contributed by atoms with E-state index in [1.165, 1.54) is 0 Å². The van der Waals surface area contributed by atoms with Crippen LogP contribution in [0.5, 0.6) is 0 Å². The molecule has 2 N–H and O–H groups in total. The molecule has 1 fully saturated rings. The van der Waals surface area contributed by atoms with Gasteiger partial charge in [-0.3, -0.25) is 0 Å². The molecule has 90 valence electrons. The van der Waals surface area contributed by atoms with Crippen molar-refractivity contribution >= 4 is 11.8 Å². The van der Waals surface area contributed by atoms with E-state index < -0.39 is 0 Å². The molecule has 0 saturated carbocycles. The van der Waals surface area contributed by atoms with E-state index in [1.807, 2.05) is 6.26 Å². The lowest BCUT2D eigenvalue weighted by atomic mass is 10.2. The van der Waals surface area contributed by atoms with Crippen LogP contribution in [0.2, 0.25) is 0 Å². The summed E-state index contributed by atoms with van der Waals surface area (Å²) in [5, 5.41) is 12.8. The molecule has 1 heterocycles. The Labute approximate surface area is 95.7 Å². The summed E-state index contributed by atoms with van der Waals surface area (Å²) < 4.78 is 10.5. The van der Waals surface area contributed by atoms with Crippen molar-refractivity contribution in [2.75, 3.05) is 32.8 Å². The maximum atomic E-state index is 9.12. The average molecular weight is 235 g/mol. The molecule has 1 saturated heterocycles. The molecule has 1 aliphatic rings. The van der Waals surface area contributed by atoms with Crippen LogP contribution in [0.15, 0.2) is 0 Å². The van der Waals surface area contributed by atoms with Crippen LogP contribution in [0.3, 0.4) is 0 Å². The summed E-state index contributed by atoms with van der Waals surface area (Å²) in [5.74, 6) is 0. The molecule has 1 rings (SSSR count). The number of thioether (sulfide) groups is 1. The summed E-state index contributed by atoms with van der Waals surface area (Å²) in [7, 11) is 0. The standard InChI is InChI=1S/C10H21NO3S/c1-8(10(6-12)15-2)11-5-9-3-4-13-7-14-9/h8-12H,3-7H2,1-2H3. The largest absolute Gasteiger partial charge is 0.395 e. The highest BCUT2D eigenvalue weighted by Crippen LogP contribution is 2.11. The van der Waals surface area contributed by atoms with Crippen molar-refractivity contribution in [3.8, 4) is 0 Å². The van der Waals surface area contributed by atoms with Crippen LogP contribution in [-0.4, -0.2) is 55.3 Å². The van der Waals surface area contributed by atoms with Gasteiger partial charge < -0.3 is 19.9 Å². The van der Waals surface area contributed by atoms with Gasteiger partial charge in [-0.2, -0.15) is 11.8 Å². The van der Waals surface area contributed by atoms with Gasteiger partial charge in [0, 0.05) is 17.8 Å². The molecule has 0 aliphatic carbocycles. The summed E-state index contributed by atoms with van der Waals surface area (Å²) in [4.78, 5) is 0. The van der Waals surface area contributed by atoms with Crippen LogP contribution in [-0.2, 0) is 9.47 Å². The van der Waals surface area contributed by atoms with Gasteiger partial charge in [-0.15, -0.1) is 0 Å². The lowest BCUT2D eigenvalue weighted by Crippen LogP contribution is -2.43. The zero-order valence-corrected chi connectivity index (χ0v) is 10.3. The number of hydrogen-bond donors (Lipinski definition) is 2. The molecule has 1 aliphatic heterocycles. The van der Waals surface area contributed by atoms with Gasteiger partial charge in [0.05, 0.1) is 19.3 Å². The van der Waals surface area contributed by atoms with Gasteiger partial charge in [0.2, 0.25) is 0 Å². The van der Waals surface area contributed by atoms with E-state index in [-0.39, 0.29) is 18.0 Å². The van der Waals surface area contributed by atoms with Crippen molar-refractivity contribution in [2.45, 2.75) is 30.7 Å². The first-order valence-electron chi connectivity index (χ1n) is 5.34. The zero-order valence-electron chi connectivity index (χ0n) is 9.44. The summed E-state index contributed by atoms with van der Waals surface area (Å²) in [6.07, 6.45) is 3.22. The van der Waals surface area contributed by atoms with Crippen LogP contribution >= 0.6 is 11.8 Å². The van der Waals surface area contributed by atoms with E-state index in [0.717, 1.165) is 19.6 Å². The number of aliphatic hydroxyl groups is 1. The second-order valence-corrected chi connectivity index (χ2v) is 4.83. The molecular formula is C10H21NO3S. The van der Waals surface area contributed by atoms with Gasteiger partial charge >= 0.3 is 0 Å². The molecule has 0 amide bonds. The van der Waals surface area contributed by atoms with Crippen molar-refractivity contribution in [1.82, 2.24) is 5.32 Å². The minimum atomic E-state index is 0.212. The minimum Gasteiger partial charge on any atom is -0.395 e. The van der Waals surface area contributed by atoms with E-state index in [9.17, 15) is 0 Å². The summed E-state index contributed by atoms with van der Waals surface area (Å²) in [6, 6.07) is 0.302. The van der Waals surface area contributed by atoms with Crippen molar-refractivity contribution in [3.05, 3.63) is 0 Å². The molecular weight excluding hydrogens is 214 g/mol. The van der Waals surface area contributed by atoms with Crippen molar-refractivity contribution in [1.29, 1.82) is 0 Å². The second-order valence-electron chi connectivity index (χ2n) is 3.76. The number of hydrogen-bond acceptors (Lipinski definition) is 5. The normalized spacial score (nSPS) is 26.2. The first kappa shape index (κ1) is 13.3. The van der Waals surface area contributed by atoms with Crippen molar-refractivity contribution in [3.63, 3.8) is 0 Å². The maximum absolute atomic E-state index is 9.12. The maximum Gasteiger partial charge on any atom is 0.147 e. The fourth-order valence-corrected chi connectivity index (χ4v) is 2.20. The molecule has 5 heteroatoms. The van der Waals surface area contributed by atoms with Gasteiger partial charge in [-0.1, -0.05) is 0 Å². The van der Waals surface area contributed by atoms with Gasteiger partial charge in [-0.25, -0.2) is 0 Å². The highest BCUT2D eigenvalue weighted by molar-refractivity contribution is 7.99. The van der Waals surface area contributed by atoms with Crippen LogP contribution in [0.1, 0.15) is 13.3 Å². The smallest absolute Gasteiger partial charge is 0.147 e. The van der Waals surface area contributed by atoms with E-state index in [0.29, 0.717) is 12.8 Å². The predicted octanol–water partition coefficient (Wildman–Crippen LogP) is 0.451. The Morgan fingerprint density at radius 3 is 2.93 bits per heavy atom.